The van der Waals surface area contributed by atoms with Crippen molar-refractivity contribution in [2.75, 3.05) is 6.54 Å². The normalized spacial score (nSPS) is 31.5. The van der Waals surface area contributed by atoms with E-state index in [9.17, 15) is 9.90 Å². The molecule has 1 aliphatic rings. The number of carboxylic acid groups (broad SMARTS) is 1. The zero-order valence-electron chi connectivity index (χ0n) is 11.1. The first-order chi connectivity index (χ1) is 7.84. The lowest BCUT2D eigenvalue weighted by molar-refractivity contribution is -0.141. The average Bonchev–Trinajstić information content (AvgIpc) is 2.22. The van der Waals surface area contributed by atoms with E-state index in [1.54, 1.807) is 0 Å². The van der Waals surface area contributed by atoms with Gasteiger partial charge in [0.25, 0.3) is 0 Å². The second kappa shape index (κ2) is 5.83. The van der Waals surface area contributed by atoms with Gasteiger partial charge in [0.05, 0.1) is 5.60 Å². The Morgan fingerprint density at radius 2 is 1.94 bits per heavy atom. The molecule has 0 amide bonds. The van der Waals surface area contributed by atoms with Gasteiger partial charge < -0.3 is 15.5 Å². The van der Waals surface area contributed by atoms with Crippen molar-refractivity contribution >= 4 is 5.97 Å². The highest BCUT2D eigenvalue weighted by Gasteiger charge is 2.33. The molecule has 1 fully saturated rings. The summed E-state index contributed by atoms with van der Waals surface area (Å²) in [6.07, 6.45) is 3.59. The molecule has 1 rings (SSSR count). The SMILES string of the molecule is CC1CCC(O)(CNC(C(=O)O)C(C)C)CC1. The molecule has 1 atom stereocenters. The minimum atomic E-state index is -0.840. The number of aliphatic carboxylic acids is 1. The van der Waals surface area contributed by atoms with Crippen molar-refractivity contribution in [2.24, 2.45) is 11.8 Å². The first-order valence-corrected chi connectivity index (χ1v) is 6.52. The van der Waals surface area contributed by atoms with Crippen LogP contribution in [0.15, 0.2) is 0 Å². The smallest absolute Gasteiger partial charge is 0.320 e. The second-order valence-electron chi connectivity index (χ2n) is 5.85. The first-order valence-electron chi connectivity index (χ1n) is 6.52. The molecule has 1 unspecified atom stereocenters. The molecular weight excluding hydrogens is 218 g/mol. The summed E-state index contributed by atoms with van der Waals surface area (Å²) in [7, 11) is 0. The van der Waals surface area contributed by atoms with E-state index in [2.05, 4.69) is 12.2 Å². The Morgan fingerprint density at radius 1 is 1.41 bits per heavy atom. The van der Waals surface area contributed by atoms with Crippen LogP contribution in [-0.2, 0) is 4.79 Å². The number of hydrogen-bond donors (Lipinski definition) is 3. The quantitative estimate of drug-likeness (QED) is 0.686. The number of rotatable bonds is 5. The number of hydrogen-bond acceptors (Lipinski definition) is 3. The zero-order chi connectivity index (χ0) is 13.1. The van der Waals surface area contributed by atoms with E-state index in [1.165, 1.54) is 0 Å². The summed E-state index contributed by atoms with van der Waals surface area (Å²) < 4.78 is 0. The summed E-state index contributed by atoms with van der Waals surface area (Å²) in [4.78, 5) is 11.0. The molecule has 0 radical (unpaired) electrons. The highest BCUT2D eigenvalue weighted by molar-refractivity contribution is 5.73. The second-order valence-corrected chi connectivity index (χ2v) is 5.85. The molecule has 3 N–H and O–H groups in total. The minimum Gasteiger partial charge on any atom is -0.480 e. The first kappa shape index (κ1) is 14.5. The molecule has 4 nitrogen and oxygen atoms in total. The molecular formula is C13H25NO3. The summed E-state index contributed by atoms with van der Waals surface area (Å²) in [5, 5.41) is 22.4. The third-order valence-electron chi connectivity index (χ3n) is 3.79. The van der Waals surface area contributed by atoms with Crippen molar-refractivity contribution in [1.29, 1.82) is 0 Å². The average molecular weight is 243 g/mol. The van der Waals surface area contributed by atoms with E-state index < -0.39 is 17.6 Å². The maximum Gasteiger partial charge on any atom is 0.320 e. The van der Waals surface area contributed by atoms with Crippen molar-refractivity contribution in [1.82, 2.24) is 5.32 Å². The lowest BCUT2D eigenvalue weighted by Gasteiger charge is -2.36. The van der Waals surface area contributed by atoms with Crippen LogP contribution in [0.2, 0.25) is 0 Å². The van der Waals surface area contributed by atoms with E-state index in [-0.39, 0.29) is 5.92 Å². The number of carboxylic acids is 1. The maximum atomic E-state index is 11.0. The van der Waals surface area contributed by atoms with Gasteiger partial charge >= 0.3 is 5.97 Å². The van der Waals surface area contributed by atoms with Crippen LogP contribution in [0.4, 0.5) is 0 Å². The number of carbonyl (C=O) groups is 1. The standard InChI is InChI=1S/C13H25NO3/c1-9(2)11(12(15)16)14-8-13(17)6-4-10(3)5-7-13/h9-11,14,17H,4-8H2,1-3H3,(H,15,16). The van der Waals surface area contributed by atoms with Gasteiger partial charge in [-0.3, -0.25) is 4.79 Å². The third kappa shape index (κ3) is 4.28. The molecule has 0 aromatic carbocycles. The topological polar surface area (TPSA) is 69.6 Å². The van der Waals surface area contributed by atoms with Crippen LogP contribution in [0.5, 0.6) is 0 Å². The van der Waals surface area contributed by atoms with Crippen LogP contribution >= 0.6 is 0 Å². The van der Waals surface area contributed by atoms with E-state index >= 15 is 0 Å². The van der Waals surface area contributed by atoms with Crippen molar-refractivity contribution in [3.05, 3.63) is 0 Å². The van der Waals surface area contributed by atoms with Gasteiger partial charge in [-0.15, -0.1) is 0 Å². The summed E-state index contributed by atoms with van der Waals surface area (Å²) in [5.41, 5.74) is -0.713. The fourth-order valence-corrected chi connectivity index (χ4v) is 2.38. The molecule has 0 bridgehead atoms. The van der Waals surface area contributed by atoms with E-state index in [0.29, 0.717) is 12.5 Å². The number of aliphatic hydroxyl groups is 1. The maximum absolute atomic E-state index is 11.0. The third-order valence-corrected chi connectivity index (χ3v) is 3.79. The Hall–Kier alpha value is -0.610. The molecule has 0 heterocycles. The highest BCUT2D eigenvalue weighted by atomic mass is 16.4. The molecule has 0 spiro atoms. The van der Waals surface area contributed by atoms with Gasteiger partial charge in [0.1, 0.15) is 6.04 Å². The molecule has 100 valence electrons. The molecule has 0 aromatic heterocycles. The monoisotopic (exact) mass is 243 g/mol. The molecule has 0 aromatic rings. The van der Waals surface area contributed by atoms with Crippen LogP contribution in [0, 0.1) is 11.8 Å². The largest absolute Gasteiger partial charge is 0.480 e. The summed E-state index contributed by atoms with van der Waals surface area (Å²) in [5.74, 6) is -0.137. The summed E-state index contributed by atoms with van der Waals surface area (Å²) in [6.45, 7) is 6.33. The van der Waals surface area contributed by atoms with Gasteiger partial charge in [-0.1, -0.05) is 20.8 Å². The van der Waals surface area contributed by atoms with Gasteiger partial charge in [-0.05, 0) is 37.5 Å². The van der Waals surface area contributed by atoms with E-state index in [1.807, 2.05) is 13.8 Å². The van der Waals surface area contributed by atoms with E-state index in [4.69, 9.17) is 5.11 Å². The Kier molecular flexibility index (Phi) is 4.95. The molecule has 1 aliphatic carbocycles. The summed E-state index contributed by atoms with van der Waals surface area (Å²) in [6, 6.07) is -0.571. The molecule has 0 saturated heterocycles. The van der Waals surface area contributed by atoms with Crippen molar-refractivity contribution in [2.45, 2.75) is 58.1 Å². The zero-order valence-corrected chi connectivity index (χ0v) is 11.1. The molecule has 4 heteroatoms. The van der Waals surface area contributed by atoms with Crippen LogP contribution < -0.4 is 5.32 Å². The highest BCUT2D eigenvalue weighted by Crippen LogP contribution is 2.31. The van der Waals surface area contributed by atoms with Crippen molar-refractivity contribution < 1.29 is 15.0 Å². The van der Waals surface area contributed by atoms with Gasteiger partial charge in [-0.2, -0.15) is 0 Å². The van der Waals surface area contributed by atoms with Gasteiger partial charge in [0, 0.05) is 6.54 Å². The predicted octanol–water partition coefficient (Wildman–Crippen LogP) is 1.63. The number of nitrogens with one attached hydrogen (secondary N) is 1. The minimum absolute atomic E-state index is 0.0265. The predicted molar refractivity (Wildman–Crippen MR) is 66.8 cm³/mol. The summed E-state index contributed by atoms with van der Waals surface area (Å²) >= 11 is 0. The van der Waals surface area contributed by atoms with Gasteiger partial charge in [0.2, 0.25) is 0 Å². The molecule has 0 aliphatic heterocycles. The Labute approximate surface area is 103 Å². The molecule has 1 saturated carbocycles. The van der Waals surface area contributed by atoms with Crippen LogP contribution in [0.3, 0.4) is 0 Å². The van der Waals surface area contributed by atoms with E-state index in [0.717, 1.165) is 25.7 Å². The Morgan fingerprint density at radius 3 is 2.35 bits per heavy atom. The fourth-order valence-electron chi connectivity index (χ4n) is 2.38. The van der Waals surface area contributed by atoms with Crippen LogP contribution in [0.1, 0.15) is 46.5 Å². The van der Waals surface area contributed by atoms with Gasteiger partial charge in [0.15, 0.2) is 0 Å². The molecule has 17 heavy (non-hydrogen) atoms. The lowest BCUT2D eigenvalue weighted by Crippen LogP contribution is -2.50. The van der Waals surface area contributed by atoms with Gasteiger partial charge in [-0.25, -0.2) is 0 Å². The Balaban J connectivity index is 2.45. The van der Waals surface area contributed by atoms with Crippen LogP contribution in [-0.4, -0.2) is 34.4 Å². The Bertz CT molecular complexity index is 257. The van der Waals surface area contributed by atoms with Crippen LogP contribution in [0.25, 0.3) is 0 Å². The fraction of sp³-hybridized carbons (Fsp3) is 0.923. The lowest BCUT2D eigenvalue weighted by atomic mass is 9.79. The van der Waals surface area contributed by atoms with Crippen molar-refractivity contribution in [3.8, 4) is 0 Å². The van der Waals surface area contributed by atoms with Crippen molar-refractivity contribution in [3.63, 3.8) is 0 Å².